The SMILES string of the molecule is C[C@]12CC[C@H](O1)[C@H]1C=C[C@H](OC(=O)c3ccccc3)[C@H]12. The summed E-state index contributed by atoms with van der Waals surface area (Å²) in [5.41, 5.74) is 0.485. The topological polar surface area (TPSA) is 35.5 Å². The summed E-state index contributed by atoms with van der Waals surface area (Å²) in [6, 6.07) is 9.18. The van der Waals surface area contributed by atoms with E-state index in [0.717, 1.165) is 12.8 Å². The zero-order chi connectivity index (χ0) is 13.7. The summed E-state index contributed by atoms with van der Waals surface area (Å²) in [5, 5.41) is 0. The highest BCUT2D eigenvalue weighted by Crippen LogP contribution is 2.55. The maximum Gasteiger partial charge on any atom is 0.338 e. The maximum atomic E-state index is 12.2. The van der Waals surface area contributed by atoms with E-state index in [1.165, 1.54) is 0 Å². The maximum absolute atomic E-state index is 12.2. The Labute approximate surface area is 118 Å². The molecule has 20 heavy (non-hydrogen) atoms. The zero-order valence-electron chi connectivity index (χ0n) is 11.5. The molecule has 0 N–H and O–H groups in total. The minimum Gasteiger partial charge on any atom is -0.454 e. The van der Waals surface area contributed by atoms with Crippen LogP contribution in [0.15, 0.2) is 42.5 Å². The van der Waals surface area contributed by atoms with E-state index in [4.69, 9.17) is 9.47 Å². The highest BCUT2D eigenvalue weighted by atomic mass is 16.6. The zero-order valence-corrected chi connectivity index (χ0v) is 11.5. The molecular weight excluding hydrogens is 252 g/mol. The fourth-order valence-corrected chi connectivity index (χ4v) is 4.09. The number of esters is 1. The molecular formula is C17H18O3. The Bertz CT molecular complexity index is 565. The molecule has 2 saturated heterocycles. The molecule has 2 bridgehead atoms. The van der Waals surface area contributed by atoms with E-state index < -0.39 is 0 Å². The van der Waals surface area contributed by atoms with Crippen LogP contribution in [0, 0.1) is 11.8 Å². The van der Waals surface area contributed by atoms with Gasteiger partial charge >= 0.3 is 5.97 Å². The molecule has 1 aliphatic carbocycles. The Hall–Kier alpha value is -1.61. The lowest BCUT2D eigenvalue weighted by atomic mass is 9.73. The quantitative estimate of drug-likeness (QED) is 0.612. The summed E-state index contributed by atoms with van der Waals surface area (Å²) < 4.78 is 11.8. The standard InChI is InChI=1S/C17H18O3/c1-17-10-9-13(20-17)12-7-8-14(15(12)17)19-16(18)11-5-3-2-4-6-11/h2-8,12-15H,9-10H2,1H3/t12-,13+,14+,15+,17-/m1/s1. The van der Waals surface area contributed by atoms with E-state index in [1.54, 1.807) is 12.1 Å². The van der Waals surface area contributed by atoms with Crippen molar-refractivity contribution in [1.29, 1.82) is 0 Å². The molecule has 3 heteroatoms. The fraction of sp³-hybridized carbons (Fsp3) is 0.471. The van der Waals surface area contributed by atoms with Crippen molar-refractivity contribution in [3.63, 3.8) is 0 Å². The molecule has 1 aromatic rings. The lowest BCUT2D eigenvalue weighted by Crippen LogP contribution is -2.40. The van der Waals surface area contributed by atoms with Crippen molar-refractivity contribution >= 4 is 5.97 Å². The summed E-state index contributed by atoms with van der Waals surface area (Å²) in [6.07, 6.45) is 6.60. The Morgan fingerprint density at radius 2 is 2.10 bits per heavy atom. The van der Waals surface area contributed by atoms with Crippen molar-refractivity contribution in [1.82, 2.24) is 0 Å². The molecule has 4 rings (SSSR count). The van der Waals surface area contributed by atoms with Gasteiger partial charge in [-0.25, -0.2) is 4.79 Å². The van der Waals surface area contributed by atoms with Crippen LogP contribution in [0.3, 0.4) is 0 Å². The summed E-state index contributed by atoms with van der Waals surface area (Å²) in [5.74, 6) is 0.462. The fourth-order valence-electron chi connectivity index (χ4n) is 4.09. The van der Waals surface area contributed by atoms with Crippen molar-refractivity contribution in [3.8, 4) is 0 Å². The van der Waals surface area contributed by atoms with Crippen molar-refractivity contribution in [2.24, 2.45) is 11.8 Å². The van der Waals surface area contributed by atoms with Gasteiger partial charge in [0.15, 0.2) is 0 Å². The Balaban J connectivity index is 1.53. The predicted octanol–water partition coefficient (Wildman–Crippen LogP) is 2.97. The van der Waals surface area contributed by atoms with Gasteiger partial charge in [-0.05, 0) is 38.0 Å². The number of carbonyl (C=O) groups excluding carboxylic acids is 1. The number of rotatable bonds is 2. The van der Waals surface area contributed by atoms with E-state index in [-0.39, 0.29) is 23.6 Å². The molecule has 5 atom stereocenters. The van der Waals surface area contributed by atoms with Gasteiger partial charge in [0.2, 0.25) is 0 Å². The molecule has 104 valence electrons. The number of carbonyl (C=O) groups is 1. The van der Waals surface area contributed by atoms with Crippen molar-refractivity contribution in [2.45, 2.75) is 37.6 Å². The molecule has 0 amide bonds. The number of hydrogen-bond acceptors (Lipinski definition) is 3. The molecule has 2 fully saturated rings. The van der Waals surface area contributed by atoms with Crippen LogP contribution in [-0.4, -0.2) is 23.8 Å². The minimum absolute atomic E-state index is 0.125. The number of fused-ring (bicyclic) bond motifs is 5. The van der Waals surface area contributed by atoms with Crippen LogP contribution in [0.1, 0.15) is 30.1 Å². The molecule has 0 aromatic heterocycles. The largest absolute Gasteiger partial charge is 0.454 e. The first-order valence-electron chi connectivity index (χ1n) is 7.29. The van der Waals surface area contributed by atoms with Gasteiger partial charge in [0.25, 0.3) is 0 Å². The van der Waals surface area contributed by atoms with Crippen LogP contribution in [0.25, 0.3) is 0 Å². The van der Waals surface area contributed by atoms with Gasteiger partial charge in [0, 0.05) is 11.8 Å². The van der Waals surface area contributed by atoms with E-state index in [9.17, 15) is 4.79 Å². The van der Waals surface area contributed by atoms with Gasteiger partial charge in [-0.3, -0.25) is 0 Å². The third kappa shape index (κ3) is 1.66. The molecule has 0 radical (unpaired) electrons. The van der Waals surface area contributed by atoms with E-state index in [1.807, 2.05) is 18.2 Å². The minimum atomic E-state index is -0.243. The molecule has 0 spiro atoms. The molecule has 2 aliphatic heterocycles. The lowest BCUT2D eigenvalue weighted by molar-refractivity contribution is -0.0291. The van der Waals surface area contributed by atoms with Crippen LogP contribution < -0.4 is 0 Å². The van der Waals surface area contributed by atoms with E-state index in [0.29, 0.717) is 17.6 Å². The van der Waals surface area contributed by atoms with Crippen LogP contribution in [-0.2, 0) is 9.47 Å². The van der Waals surface area contributed by atoms with Crippen LogP contribution in [0.5, 0.6) is 0 Å². The van der Waals surface area contributed by atoms with Gasteiger partial charge in [-0.1, -0.05) is 24.3 Å². The summed E-state index contributed by atoms with van der Waals surface area (Å²) in [6.45, 7) is 2.16. The van der Waals surface area contributed by atoms with Gasteiger partial charge in [-0.2, -0.15) is 0 Å². The van der Waals surface area contributed by atoms with Crippen LogP contribution >= 0.6 is 0 Å². The van der Waals surface area contributed by atoms with Gasteiger partial charge < -0.3 is 9.47 Å². The molecule has 0 unspecified atom stereocenters. The third-order valence-corrected chi connectivity index (χ3v) is 5.02. The summed E-state index contributed by atoms with van der Waals surface area (Å²) in [7, 11) is 0. The smallest absolute Gasteiger partial charge is 0.338 e. The first-order valence-corrected chi connectivity index (χ1v) is 7.29. The Morgan fingerprint density at radius 1 is 1.30 bits per heavy atom. The van der Waals surface area contributed by atoms with E-state index >= 15 is 0 Å². The second-order valence-electron chi connectivity index (χ2n) is 6.23. The number of benzene rings is 1. The molecule has 0 saturated carbocycles. The summed E-state index contributed by atoms with van der Waals surface area (Å²) in [4.78, 5) is 12.2. The van der Waals surface area contributed by atoms with Crippen molar-refractivity contribution < 1.29 is 14.3 Å². The van der Waals surface area contributed by atoms with Gasteiger partial charge in [0.05, 0.1) is 17.3 Å². The molecule has 2 heterocycles. The van der Waals surface area contributed by atoms with Crippen molar-refractivity contribution in [2.75, 3.05) is 0 Å². The average Bonchev–Trinajstić information content (AvgIpc) is 3.11. The normalized spacial score (nSPS) is 40.9. The van der Waals surface area contributed by atoms with Crippen LogP contribution in [0.4, 0.5) is 0 Å². The third-order valence-electron chi connectivity index (χ3n) is 5.02. The van der Waals surface area contributed by atoms with E-state index in [2.05, 4.69) is 19.1 Å². The van der Waals surface area contributed by atoms with Gasteiger partial charge in [0.1, 0.15) is 6.10 Å². The lowest BCUT2D eigenvalue weighted by Gasteiger charge is -2.33. The Morgan fingerprint density at radius 3 is 2.90 bits per heavy atom. The number of hydrogen-bond donors (Lipinski definition) is 0. The second kappa shape index (κ2) is 4.19. The average molecular weight is 270 g/mol. The highest BCUT2D eigenvalue weighted by Gasteiger charge is 2.60. The Kier molecular flexibility index (Phi) is 2.55. The highest BCUT2D eigenvalue weighted by molar-refractivity contribution is 5.89. The first kappa shape index (κ1) is 12.2. The second-order valence-corrected chi connectivity index (χ2v) is 6.23. The van der Waals surface area contributed by atoms with Crippen molar-refractivity contribution in [3.05, 3.63) is 48.0 Å². The number of ether oxygens (including phenoxy) is 2. The summed E-state index contributed by atoms with van der Waals surface area (Å²) >= 11 is 0. The molecule has 1 aromatic carbocycles. The predicted molar refractivity (Wildman–Crippen MR) is 74.3 cm³/mol. The monoisotopic (exact) mass is 270 g/mol. The molecule has 3 nitrogen and oxygen atoms in total. The van der Waals surface area contributed by atoms with Gasteiger partial charge in [-0.15, -0.1) is 0 Å². The first-order chi connectivity index (χ1) is 9.67. The van der Waals surface area contributed by atoms with Crippen LogP contribution in [0.2, 0.25) is 0 Å². The molecule has 3 aliphatic rings.